The van der Waals surface area contributed by atoms with E-state index in [0.29, 0.717) is 11.4 Å². The van der Waals surface area contributed by atoms with Gasteiger partial charge in [0.15, 0.2) is 0 Å². The maximum absolute atomic E-state index is 12.1. The average Bonchev–Trinajstić information content (AvgIpc) is 2.46. The topological polar surface area (TPSA) is 61.5 Å². The first-order chi connectivity index (χ1) is 9.61. The highest BCUT2D eigenvalue weighted by Gasteiger charge is 2.17. The first-order valence-corrected chi connectivity index (χ1v) is 7.03. The SMILES string of the molecule is COc1cccc(N)c1C(=O)OCc1ccc(I)cc1. The molecule has 4 nitrogen and oxygen atoms in total. The molecular weight excluding hydrogens is 369 g/mol. The monoisotopic (exact) mass is 383 g/mol. The lowest BCUT2D eigenvalue weighted by molar-refractivity contribution is 0.0470. The van der Waals surface area contributed by atoms with E-state index in [1.54, 1.807) is 18.2 Å². The van der Waals surface area contributed by atoms with Gasteiger partial charge in [-0.3, -0.25) is 0 Å². The quantitative estimate of drug-likeness (QED) is 0.500. The molecule has 2 rings (SSSR count). The van der Waals surface area contributed by atoms with E-state index in [2.05, 4.69) is 22.6 Å². The Morgan fingerprint density at radius 1 is 1.20 bits per heavy atom. The molecule has 0 heterocycles. The van der Waals surface area contributed by atoms with Crippen LogP contribution >= 0.6 is 22.6 Å². The van der Waals surface area contributed by atoms with E-state index >= 15 is 0 Å². The minimum atomic E-state index is -0.487. The molecule has 2 N–H and O–H groups in total. The highest BCUT2D eigenvalue weighted by molar-refractivity contribution is 14.1. The third-order valence-corrected chi connectivity index (χ3v) is 3.48. The number of carbonyl (C=O) groups excluding carboxylic acids is 1. The first kappa shape index (κ1) is 14.6. The van der Waals surface area contributed by atoms with Crippen molar-refractivity contribution < 1.29 is 14.3 Å². The van der Waals surface area contributed by atoms with Gasteiger partial charge in [0.1, 0.15) is 17.9 Å². The van der Waals surface area contributed by atoms with Gasteiger partial charge < -0.3 is 15.2 Å². The number of hydrogen-bond acceptors (Lipinski definition) is 4. The van der Waals surface area contributed by atoms with Crippen LogP contribution in [-0.4, -0.2) is 13.1 Å². The Balaban J connectivity index is 2.11. The lowest BCUT2D eigenvalue weighted by Crippen LogP contribution is -2.10. The lowest BCUT2D eigenvalue weighted by atomic mass is 10.1. The first-order valence-electron chi connectivity index (χ1n) is 5.96. The molecule has 5 heteroatoms. The number of nitrogen functional groups attached to an aromatic ring is 1. The average molecular weight is 383 g/mol. The summed E-state index contributed by atoms with van der Waals surface area (Å²) in [6.45, 7) is 0.202. The maximum atomic E-state index is 12.1. The molecular formula is C15H14INO3. The zero-order valence-corrected chi connectivity index (χ0v) is 13.1. The van der Waals surface area contributed by atoms with Gasteiger partial charge in [-0.2, -0.15) is 0 Å². The smallest absolute Gasteiger partial charge is 0.344 e. The summed E-state index contributed by atoms with van der Waals surface area (Å²) < 4.78 is 11.5. The second-order valence-electron chi connectivity index (χ2n) is 4.13. The van der Waals surface area contributed by atoms with Gasteiger partial charge in [-0.05, 0) is 52.4 Å². The normalized spacial score (nSPS) is 10.1. The van der Waals surface area contributed by atoms with Gasteiger partial charge in [-0.25, -0.2) is 4.79 Å². The molecule has 2 aromatic carbocycles. The second-order valence-corrected chi connectivity index (χ2v) is 5.37. The minimum absolute atomic E-state index is 0.202. The molecule has 0 amide bonds. The molecule has 0 spiro atoms. The van der Waals surface area contributed by atoms with Crippen LogP contribution in [0.4, 0.5) is 5.69 Å². The molecule has 0 aromatic heterocycles. The number of methoxy groups -OCH3 is 1. The van der Waals surface area contributed by atoms with E-state index in [-0.39, 0.29) is 12.2 Å². The Hall–Kier alpha value is -1.76. The molecule has 0 saturated carbocycles. The lowest BCUT2D eigenvalue weighted by Gasteiger charge is -2.11. The van der Waals surface area contributed by atoms with Crippen LogP contribution in [0.15, 0.2) is 42.5 Å². The number of anilines is 1. The van der Waals surface area contributed by atoms with Gasteiger partial charge in [-0.1, -0.05) is 18.2 Å². The summed E-state index contributed by atoms with van der Waals surface area (Å²) in [7, 11) is 1.49. The van der Waals surface area contributed by atoms with Gasteiger partial charge in [-0.15, -0.1) is 0 Å². The van der Waals surface area contributed by atoms with E-state index in [0.717, 1.165) is 9.13 Å². The number of rotatable bonds is 4. The highest BCUT2D eigenvalue weighted by Crippen LogP contribution is 2.25. The Morgan fingerprint density at radius 3 is 2.55 bits per heavy atom. The number of ether oxygens (including phenoxy) is 2. The van der Waals surface area contributed by atoms with Gasteiger partial charge >= 0.3 is 5.97 Å². The third-order valence-electron chi connectivity index (χ3n) is 2.77. The summed E-state index contributed by atoms with van der Waals surface area (Å²) in [5.74, 6) is -0.0730. The van der Waals surface area contributed by atoms with Crippen LogP contribution in [0, 0.1) is 3.57 Å². The predicted octanol–water partition coefficient (Wildman–Crippen LogP) is 3.24. The number of benzene rings is 2. The molecule has 2 aromatic rings. The van der Waals surface area contributed by atoms with E-state index < -0.39 is 5.97 Å². The van der Waals surface area contributed by atoms with Crippen molar-refractivity contribution in [3.8, 4) is 5.75 Å². The number of halogens is 1. The summed E-state index contributed by atoms with van der Waals surface area (Å²) in [5, 5.41) is 0. The van der Waals surface area contributed by atoms with E-state index in [1.165, 1.54) is 7.11 Å². The Morgan fingerprint density at radius 2 is 1.90 bits per heavy atom. The Kier molecular flexibility index (Phi) is 4.84. The van der Waals surface area contributed by atoms with Crippen molar-refractivity contribution in [1.29, 1.82) is 0 Å². The van der Waals surface area contributed by atoms with Crippen LogP contribution in [0.1, 0.15) is 15.9 Å². The fourth-order valence-electron chi connectivity index (χ4n) is 1.74. The van der Waals surface area contributed by atoms with E-state index in [4.69, 9.17) is 15.2 Å². The third kappa shape index (κ3) is 3.41. The van der Waals surface area contributed by atoms with Crippen molar-refractivity contribution in [3.63, 3.8) is 0 Å². The van der Waals surface area contributed by atoms with Crippen molar-refractivity contribution in [3.05, 3.63) is 57.2 Å². The maximum Gasteiger partial charge on any atom is 0.344 e. The van der Waals surface area contributed by atoms with Crippen LogP contribution < -0.4 is 10.5 Å². The highest BCUT2D eigenvalue weighted by atomic mass is 127. The zero-order chi connectivity index (χ0) is 14.5. The van der Waals surface area contributed by atoms with E-state index in [9.17, 15) is 4.79 Å². The van der Waals surface area contributed by atoms with Crippen LogP contribution in [0.5, 0.6) is 5.75 Å². The number of hydrogen-bond donors (Lipinski definition) is 1. The van der Waals surface area contributed by atoms with E-state index in [1.807, 2.05) is 24.3 Å². The predicted molar refractivity (Wildman–Crippen MR) is 85.7 cm³/mol. The van der Waals surface area contributed by atoms with Crippen molar-refractivity contribution >= 4 is 34.2 Å². The molecule has 0 atom stereocenters. The van der Waals surface area contributed by atoms with Gasteiger partial charge in [0, 0.05) is 9.26 Å². The van der Waals surface area contributed by atoms with Crippen molar-refractivity contribution in [2.45, 2.75) is 6.61 Å². The molecule has 0 radical (unpaired) electrons. The largest absolute Gasteiger partial charge is 0.496 e. The number of esters is 1. The fourth-order valence-corrected chi connectivity index (χ4v) is 2.10. The van der Waals surface area contributed by atoms with Crippen LogP contribution in [-0.2, 0) is 11.3 Å². The summed E-state index contributed by atoms with van der Waals surface area (Å²) >= 11 is 2.22. The molecule has 104 valence electrons. The summed E-state index contributed by atoms with van der Waals surface area (Å²) in [4.78, 5) is 12.1. The van der Waals surface area contributed by atoms with Crippen molar-refractivity contribution in [2.24, 2.45) is 0 Å². The molecule has 0 unspecified atom stereocenters. The molecule has 0 fully saturated rings. The van der Waals surface area contributed by atoms with Crippen molar-refractivity contribution in [2.75, 3.05) is 12.8 Å². The Bertz CT molecular complexity index is 611. The molecule has 0 aliphatic rings. The number of carbonyl (C=O) groups is 1. The van der Waals surface area contributed by atoms with Crippen molar-refractivity contribution in [1.82, 2.24) is 0 Å². The van der Waals surface area contributed by atoms with Gasteiger partial charge in [0.05, 0.1) is 7.11 Å². The summed E-state index contributed by atoms with van der Waals surface area (Å²) in [5.41, 5.74) is 7.34. The minimum Gasteiger partial charge on any atom is -0.496 e. The zero-order valence-electron chi connectivity index (χ0n) is 10.9. The Labute approximate surface area is 131 Å². The molecule has 20 heavy (non-hydrogen) atoms. The second kappa shape index (κ2) is 6.60. The summed E-state index contributed by atoms with van der Waals surface area (Å²) in [6, 6.07) is 12.8. The van der Waals surface area contributed by atoms with Crippen LogP contribution in [0.2, 0.25) is 0 Å². The summed E-state index contributed by atoms with van der Waals surface area (Å²) in [6.07, 6.45) is 0. The molecule has 0 bridgehead atoms. The van der Waals surface area contributed by atoms with Crippen LogP contribution in [0.25, 0.3) is 0 Å². The fraction of sp³-hybridized carbons (Fsp3) is 0.133. The molecule has 0 aliphatic carbocycles. The standard InChI is InChI=1S/C15H14INO3/c1-19-13-4-2-3-12(17)14(13)15(18)20-9-10-5-7-11(16)8-6-10/h2-8H,9,17H2,1H3. The molecule has 0 aliphatic heterocycles. The van der Waals surface area contributed by atoms with Gasteiger partial charge in [0.2, 0.25) is 0 Å². The number of nitrogens with two attached hydrogens (primary N) is 1. The molecule has 0 saturated heterocycles. The van der Waals surface area contributed by atoms with Gasteiger partial charge in [0.25, 0.3) is 0 Å². The van der Waals surface area contributed by atoms with Crippen LogP contribution in [0.3, 0.4) is 0 Å².